The predicted octanol–water partition coefficient (Wildman–Crippen LogP) is 7.57. The maximum absolute atomic E-state index is 13.3. The van der Waals surface area contributed by atoms with Crippen molar-refractivity contribution in [3.05, 3.63) is 52.7 Å². The van der Waals surface area contributed by atoms with E-state index in [-0.39, 0.29) is 11.7 Å². The van der Waals surface area contributed by atoms with Crippen LogP contribution < -0.4 is 10.2 Å². The molecule has 0 bridgehead atoms. The third-order valence-electron chi connectivity index (χ3n) is 5.90. The van der Waals surface area contributed by atoms with Crippen molar-refractivity contribution in [2.24, 2.45) is 0 Å². The Balaban J connectivity index is 1.89. The van der Waals surface area contributed by atoms with Gasteiger partial charge in [0.05, 0.1) is 5.39 Å². The van der Waals surface area contributed by atoms with Gasteiger partial charge in [0, 0.05) is 14.3 Å². The van der Waals surface area contributed by atoms with E-state index in [1.165, 1.54) is 25.7 Å². The highest BCUT2D eigenvalue weighted by Gasteiger charge is 2.24. The topological polar surface area (TPSA) is 42.7 Å². The number of hydrogen-bond acceptors (Lipinski definition) is 4. The van der Waals surface area contributed by atoms with Gasteiger partial charge < -0.3 is 9.15 Å². The summed E-state index contributed by atoms with van der Waals surface area (Å²) < 4.78 is 13.9. The number of alkyl halides is 2. The lowest BCUT2D eigenvalue weighted by Crippen LogP contribution is -2.41. The van der Waals surface area contributed by atoms with Gasteiger partial charge in [-0.15, -0.1) is 0 Å². The molecule has 0 fully saturated rings. The Bertz CT molecular complexity index is 1060. The van der Waals surface area contributed by atoms with Crippen LogP contribution in [0.25, 0.3) is 21.9 Å². The van der Waals surface area contributed by atoms with Gasteiger partial charge in [-0.05, 0) is 56.6 Å². The van der Waals surface area contributed by atoms with Crippen LogP contribution in [0.15, 0.2) is 51.7 Å². The number of ether oxygens (including phenoxy) is 1. The standard InChI is InChI=1S/C26H33I2NO3/c1-4-10-18(27)15-16-19(28)17-24(29(5-2)6-3)32-23-14-9-13-22-25(23)26(30)20-11-7-8-12-21(20)31-22/h7-9,11-14,18-19,24H,4-6,10,15-17H2,1-3H3. The molecule has 0 aliphatic carbocycles. The Morgan fingerprint density at radius 3 is 2.31 bits per heavy atom. The molecule has 1 aromatic heterocycles. The lowest BCUT2D eigenvalue weighted by Gasteiger charge is -2.32. The Kier molecular flexibility index (Phi) is 10.1. The first-order valence-electron chi connectivity index (χ1n) is 11.6. The van der Waals surface area contributed by atoms with Crippen LogP contribution in [0.5, 0.6) is 5.75 Å². The number of halogens is 2. The van der Waals surface area contributed by atoms with E-state index in [9.17, 15) is 4.79 Å². The Hall–Kier alpha value is -0.870. The summed E-state index contributed by atoms with van der Waals surface area (Å²) in [5.74, 6) is 0.611. The molecule has 0 saturated carbocycles. The van der Waals surface area contributed by atoms with Crippen LogP contribution in [-0.4, -0.2) is 32.1 Å². The number of nitrogens with zero attached hydrogens (tertiary/aromatic N) is 1. The molecule has 3 atom stereocenters. The van der Waals surface area contributed by atoms with Crippen LogP contribution in [0, 0.1) is 0 Å². The number of rotatable bonds is 12. The zero-order chi connectivity index (χ0) is 23.1. The summed E-state index contributed by atoms with van der Waals surface area (Å²) in [6.07, 6.45) is 5.77. The molecule has 32 heavy (non-hydrogen) atoms. The minimum Gasteiger partial charge on any atom is -0.474 e. The van der Waals surface area contributed by atoms with Crippen LogP contribution in [0.3, 0.4) is 0 Å². The maximum atomic E-state index is 13.3. The van der Waals surface area contributed by atoms with Crippen molar-refractivity contribution in [3.63, 3.8) is 0 Å². The molecule has 6 heteroatoms. The monoisotopic (exact) mass is 661 g/mol. The molecule has 0 aliphatic heterocycles. The molecule has 4 nitrogen and oxygen atoms in total. The molecule has 0 N–H and O–H groups in total. The first-order valence-corrected chi connectivity index (χ1v) is 14.1. The van der Waals surface area contributed by atoms with Gasteiger partial charge >= 0.3 is 0 Å². The molecular weight excluding hydrogens is 628 g/mol. The van der Waals surface area contributed by atoms with Gasteiger partial charge in [-0.3, -0.25) is 9.69 Å². The second-order valence-electron chi connectivity index (χ2n) is 8.15. The lowest BCUT2D eigenvalue weighted by molar-refractivity contribution is 0.0274. The SMILES string of the molecule is CCCC(I)CCC(I)CC(Oc1cccc2oc3ccccc3c(=O)c12)N(CC)CC. The summed E-state index contributed by atoms with van der Waals surface area (Å²) in [4.78, 5) is 15.6. The molecule has 0 amide bonds. The van der Waals surface area contributed by atoms with E-state index in [1.54, 1.807) is 0 Å². The molecule has 3 unspecified atom stereocenters. The highest BCUT2D eigenvalue weighted by atomic mass is 127. The zero-order valence-corrected chi connectivity index (χ0v) is 23.5. The van der Waals surface area contributed by atoms with Gasteiger partial charge in [0.25, 0.3) is 0 Å². The van der Waals surface area contributed by atoms with Crippen molar-refractivity contribution in [3.8, 4) is 5.75 Å². The first kappa shape index (κ1) is 25.7. The highest BCUT2D eigenvalue weighted by Crippen LogP contribution is 2.30. The van der Waals surface area contributed by atoms with E-state index in [4.69, 9.17) is 9.15 Å². The fourth-order valence-corrected chi connectivity index (χ4v) is 5.90. The normalized spacial score (nSPS) is 14.7. The van der Waals surface area contributed by atoms with E-state index in [2.05, 4.69) is 70.9 Å². The smallest absolute Gasteiger partial charge is 0.204 e. The second kappa shape index (κ2) is 12.6. The number of hydrogen-bond donors (Lipinski definition) is 0. The molecule has 0 aliphatic rings. The molecule has 0 spiro atoms. The largest absolute Gasteiger partial charge is 0.474 e. The van der Waals surface area contributed by atoms with Crippen LogP contribution >= 0.6 is 45.2 Å². The van der Waals surface area contributed by atoms with Crippen molar-refractivity contribution < 1.29 is 9.15 Å². The molecule has 2 aromatic carbocycles. The average molecular weight is 661 g/mol. The molecule has 1 heterocycles. The van der Waals surface area contributed by atoms with E-state index >= 15 is 0 Å². The molecule has 3 aromatic rings. The van der Waals surface area contributed by atoms with Crippen molar-refractivity contribution >= 4 is 67.1 Å². The molecule has 174 valence electrons. The van der Waals surface area contributed by atoms with Gasteiger partial charge in [-0.1, -0.05) is 90.6 Å². The van der Waals surface area contributed by atoms with E-state index < -0.39 is 0 Å². The van der Waals surface area contributed by atoms with E-state index in [1.807, 2.05) is 42.5 Å². The van der Waals surface area contributed by atoms with E-state index in [0.29, 0.717) is 31.6 Å². The third kappa shape index (κ3) is 6.38. The minimum absolute atomic E-state index is 0.0333. The second-order valence-corrected chi connectivity index (χ2v) is 11.7. The minimum atomic E-state index is -0.0813. The molecular formula is C26H33I2NO3. The fourth-order valence-electron chi connectivity index (χ4n) is 4.12. The van der Waals surface area contributed by atoms with Gasteiger partial charge in [-0.25, -0.2) is 0 Å². The van der Waals surface area contributed by atoms with Crippen LogP contribution in [0.1, 0.15) is 52.9 Å². The van der Waals surface area contributed by atoms with Crippen LogP contribution in [-0.2, 0) is 0 Å². The van der Waals surface area contributed by atoms with Crippen molar-refractivity contribution in [1.29, 1.82) is 0 Å². The maximum Gasteiger partial charge on any atom is 0.204 e. The van der Waals surface area contributed by atoms with Crippen LogP contribution in [0.2, 0.25) is 0 Å². The summed E-state index contributed by atoms with van der Waals surface area (Å²) in [7, 11) is 0. The summed E-state index contributed by atoms with van der Waals surface area (Å²) in [5.41, 5.74) is 1.15. The van der Waals surface area contributed by atoms with Crippen molar-refractivity contribution in [2.45, 2.75) is 67.0 Å². The molecule has 0 saturated heterocycles. The van der Waals surface area contributed by atoms with Crippen molar-refractivity contribution in [2.75, 3.05) is 13.1 Å². The lowest BCUT2D eigenvalue weighted by atomic mass is 10.1. The number of benzene rings is 2. The van der Waals surface area contributed by atoms with Crippen molar-refractivity contribution in [1.82, 2.24) is 4.90 Å². The summed E-state index contributed by atoms with van der Waals surface area (Å²) in [5, 5.41) is 1.12. The molecule has 3 rings (SSSR count). The van der Waals surface area contributed by atoms with E-state index in [0.717, 1.165) is 23.4 Å². The Labute approximate surface area is 218 Å². The van der Waals surface area contributed by atoms with Gasteiger partial charge in [-0.2, -0.15) is 0 Å². The third-order valence-corrected chi connectivity index (χ3v) is 8.28. The average Bonchev–Trinajstić information content (AvgIpc) is 2.79. The molecule has 0 radical (unpaired) electrons. The van der Waals surface area contributed by atoms with Gasteiger partial charge in [0.1, 0.15) is 22.3 Å². The summed E-state index contributed by atoms with van der Waals surface area (Å²) in [6.45, 7) is 8.38. The van der Waals surface area contributed by atoms with Gasteiger partial charge in [0.2, 0.25) is 5.43 Å². The number of para-hydroxylation sites is 1. The highest BCUT2D eigenvalue weighted by molar-refractivity contribution is 14.1. The zero-order valence-electron chi connectivity index (χ0n) is 19.2. The summed E-state index contributed by atoms with van der Waals surface area (Å²) in [6, 6.07) is 13.1. The quantitative estimate of drug-likeness (QED) is 0.0870. The predicted molar refractivity (Wildman–Crippen MR) is 152 cm³/mol. The fraction of sp³-hybridized carbons (Fsp3) is 0.500. The van der Waals surface area contributed by atoms with Crippen LogP contribution in [0.4, 0.5) is 0 Å². The Morgan fingerprint density at radius 1 is 0.906 bits per heavy atom. The number of fused-ring (bicyclic) bond motifs is 2. The Morgan fingerprint density at radius 2 is 1.59 bits per heavy atom. The summed E-state index contributed by atoms with van der Waals surface area (Å²) >= 11 is 5.16. The first-order chi connectivity index (χ1) is 15.5. The van der Waals surface area contributed by atoms with Gasteiger partial charge in [0.15, 0.2) is 6.23 Å².